The van der Waals surface area contributed by atoms with Gasteiger partial charge in [0.05, 0.1) is 11.4 Å². The van der Waals surface area contributed by atoms with E-state index in [1.165, 1.54) is 48.4 Å². The summed E-state index contributed by atoms with van der Waals surface area (Å²) < 4.78 is 5.98. The molecule has 0 amide bonds. The van der Waals surface area contributed by atoms with Crippen molar-refractivity contribution in [2.24, 2.45) is 0 Å². The molecular weight excluding hydrogens is 358 g/mol. The summed E-state index contributed by atoms with van der Waals surface area (Å²) in [5, 5.41) is 1.23. The highest BCUT2D eigenvalue weighted by molar-refractivity contribution is 5.81. The Labute approximate surface area is 172 Å². The van der Waals surface area contributed by atoms with E-state index in [2.05, 4.69) is 64.2 Å². The minimum absolute atomic E-state index is 0.645. The van der Waals surface area contributed by atoms with Gasteiger partial charge in [0.1, 0.15) is 11.3 Å². The van der Waals surface area contributed by atoms with E-state index in [1.807, 2.05) is 6.92 Å². The third-order valence-corrected chi connectivity index (χ3v) is 7.33. The van der Waals surface area contributed by atoms with Gasteiger partial charge in [0.15, 0.2) is 0 Å². The Balaban J connectivity index is 1.22. The number of anilines is 2. The van der Waals surface area contributed by atoms with Gasteiger partial charge in [-0.25, -0.2) is 0 Å². The number of likely N-dealkylation sites (tertiary alicyclic amines) is 1. The lowest BCUT2D eigenvalue weighted by molar-refractivity contribution is 0.195. The molecule has 3 aliphatic rings. The van der Waals surface area contributed by atoms with Crippen LogP contribution in [0.2, 0.25) is 0 Å². The van der Waals surface area contributed by atoms with E-state index in [0.29, 0.717) is 12.0 Å². The van der Waals surface area contributed by atoms with Gasteiger partial charge in [-0.3, -0.25) is 0 Å². The van der Waals surface area contributed by atoms with Crippen LogP contribution in [0.1, 0.15) is 29.2 Å². The molecule has 0 spiro atoms. The lowest BCUT2D eigenvalue weighted by atomic mass is 9.89. The first kappa shape index (κ1) is 17.4. The number of benzene rings is 2. The van der Waals surface area contributed by atoms with Crippen LogP contribution in [0.5, 0.6) is 0 Å². The molecule has 0 bridgehead atoms. The van der Waals surface area contributed by atoms with Crippen LogP contribution in [0, 0.1) is 6.92 Å². The van der Waals surface area contributed by atoms with E-state index >= 15 is 0 Å². The first-order valence-corrected chi connectivity index (χ1v) is 11.0. The topological polar surface area (TPSA) is 22.9 Å². The van der Waals surface area contributed by atoms with Crippen molar-refractivity contribution in [2.75, 3.05) is 49.6 Å². The van der Waals surface area contributed by atoms with Gasteiger partial charge in [0.2, 0.25) is 0 Å². The highest BCUT2D eigenvalue weighted by atomic mass is 16.3. The lowest BCUT2D eigenvalue weighted by Gasteiger charge is -2.41. The fourth-order valence-corrected chi connectivity index (χ4v) is 5.91. The molecule has 3 aliphatic heterocycles. The van der Waals surface area contributed by atoms with Crippen molar-refractivity contribution in [3.05, 3.63) is 59.4 Å². The summed E-state index contributed by atoms with van der Waals surface area (Å²) in [5.41, 5.74) is 6.94. The number of hydrogen-bond donors (Lipinski definition) is 0. The number of piperidine rings is 1. The summed E-state index contributed by atoms with van der Waals surface area (Å²) in [6, 6.07) is 16.3. The number of rotatable bonds is 3. The standard InChI is InChI=1S/C25H29N3O/c1-17-15-19-6-3-5-18(25(19)29-17)9-11-27-12-10-22-21(16-27)20-7-4-8-23-24(20)28(22)14-13-26(23)2/h3-8,15,21-22H,9-14,16H2,1-2H3/t21-,22-/m0/s1. The summed E-state index contributed by atoms with van der Waals surface area (Å²) in [5.74, 6) is 1.65. The van der Waals surface area contributed by atoms with Gasteiger partial charge in [-0.15, -0.1) is 0 Å². The maximum atomic E-state index is 5.98. The van der Waals surface area contributed by atoms with Crippen molar-refractivity contribution in [1.29, 1.82) is 0 Å². The minimum Gasteiger partial charge on any atom is -0.461 e. The molecule has 3 aromatic rings. The zero-order valence-corrected chi connectivity index (χ0v) is 17.4. The molecule has 2 atom stereocenters. The molecule has 4 heteroatoms. The second-order valence-corrected chi connectivity index (χ2v) is 9.04. The molecule has 0 radical (unpaired) electrons. The van der Waals surface area contributed by atoms with Crippen LogP contribution in [0.25, 0.3) is 11.0 Å². The predicted molar refractivity (Wildman–Crippen MR) is 119 cm³/mol. The fraction of sp³-hybridized carbons (Fsp3) is 0.440. The zero-order valence-electron chi connectivity index (χ0n) is 17.4. The summed E-state index contributed by atoms with van der Waals surface area (Å²) in [6.45, 7) is 7.82. The number of nitrogens with zero attached hydrogens (tertiary/aromatic N) is 3. The number of aryl methyl sites for hydroxylation is 1. The Hall–Kier alpha value is -2.46. The fourth-order valence-electron chi connectivity index (χ4n) is 5.91. The SMILES string of the molecule is Cc1cc2cccc(CCN3CC[C@H]4[C@@H](C3)c3cccc5c3N4CCN5C)c2o1. The molecule has 0 saturated carbocycles. The van der Waals surface area contributed by atoms with Gasteiger partial charge >= 0.3 is 0 Å². The zero-order chi connectivity index (χ0) is 19.5. The second-order valence-electron chi connectivity index (χ2n) is 9.04. The van der Waals surface area contributed by atoms with E-state index in [1.54, 1.807) is 5.56 Å². The third kappa shape index (κ3) is 2.69. The van der Waals surface area contributed by atoms with Gasteiger partial charge < -0.3 is 19.1 Å². The van der Waals surface area contributed by atoms with E-state index in [4.69, 9.17) is 4.42 Å². The Morgan fingerprint density at radius 2 is 1.97 bits per heavy atom. The second kappa shape index (κ2) is 6.53. The number of furan rings is 1. The highest BCUT2D eigenvalue weighted by Gasteiger charge is 2.44. The molecule has 1 aromatic heterocycles. The van der Waals surface area contributed by atoms with E-state index in [9.17, 15) is 0 Å². The number of likely N-dealkylation sites (N-methyl/N-ethyl adjacent to an activating group) is 1. The molecule has 29 heavy (non-hydrogen) atoms. The summed E-state index contributed by atoms with van der Waals surface area (Å²) in [7, 11) is 2.23. The van der Waals surface area contributed by atoms with Crippen molar-refractivity contribution in [3.63, 3.8) is 0 Å². The normalized spacial score (nSPS) is 23.5. The number of hydrogen-bond acceptors (Lipinski definition) is 4. The Kier molecular flexibility index (Phi) is 3.92. The van der Waals surface area contributed by atoms with E-state index in [-0.39, 0.29) is 0 Å². The largest absolute Gasteiger partial charge is 0.461 e. The van der Waals surface area contributed by atoms with Gasteiger partial charge in [0.25, 0.3) is 0 Å². The van der Waals surface area contributed by atoms with Crippen molar-refractivity contribution >= 4 is 22.3 Å². The molecule has 6 rings (SSSR count). The molecule has 0 aliphatic carbocycles. The summed E-state index contributed by atoms with van der Waals surface area (Å²) in [4.78, 5) is 7.83. The smallest absolute Gasteiger partial charge is 0.137 e. The average Bonchev–Trinajstić information content (AvgIpc) is 3.27. The van der Waals surface area contributed by atoms with Crippen molar-refractivity contribution in [2.45, 2.75) is 31.7 Å². The Bertz CT molecular complexity index is 1070. The molecular formula is C25H29N3O. The molecule has 4 heterocycles. The van der Waals surface area contributed by atoms with E-state index in [0.717, 1.165) is 30.9 Å². The van der Waals surface area contributed by atoms with Crippen molar-refractivity contribution < 1.29 is 4.42 Å². The van der Waals surface area contributed by atoms with Crippen molar-refractivity contribution in [1.82, 2.24) is 4.90 Å². The monoisotopic (exact) mass is 387 g/mol. The van der Waals surface area contributed by atoms with Crippen LogP contribution >= 0.6 is 0 Å². The average molecular weight is 388 g/mol. The van der Waals surface area contributed by atoms with Gasteiger partial charge in [-0.05, 0) is 43.0 Å². The first-order valence-electron chi connectivity index (χ1n) is 11.0. The number of fused-ring (bicyclic) bond motifs is 4. The Morgan fingerprint density at radius 3 is 2.90 bits per heavy atom. The minimum atomic E-state index is 0.645. The van der Waals surface area contributed by atoms with Crippen LogP contribution in [0.3, 0.4) is 0 Å². The van der Waals surface area contributed by atoms with E-state index < -0.39 is 0 Å². The molecule has 0 unspecified atom stereocenters. The maximum absolute atomic E-state index is 5.98. The number of para-hydroxylation sites is 2. The van der Waals surface area contributed by atoms with Crippen LogP contribution in [0.15, 0.2) is 46.9 Å². The Morgan fingerprint density at radius 1 is 1.07 bits per heavy atom. The van der Waals surface area contributed by atoms with Crippen LogP contribution in [-0.4, -0.2) is 50.7 Å². The predicted octanol–water partition coefficient (Wildman–Crippen LogP) is 4.41. The lowest BCUT2D eigenvalue weighted by Crippen LogP contribution is -2.49. The summed E-state index contributed by atoms with van der Waals surface area (Å²) in [6.07, 6.45) is 2.33. The maximum Gasteiger partial charge on any atom is 0.137 e. The molecule has 1 fully saturated rings. The third-order valence-electron chi connectivity index (χ3n) is 7.33. The molecule has 2 aromatic carbocycles. The summed E-state index contributed by atoms with van der Waals surface area (Å²) >= 11 is 0. The molecule has 0 N–H and O–H groups in total. The van der Waals surface area contributed by atoms with Gasteiger partial charge in [-0.2, -0.15) is 0 Å². The van der Waals surface area contributed by atoms with Crippen LogP contribution < -0.4 is 9.80 Å². The molecule has 4 nitrogen and oxygen atoms in total. The first-order chi connectivity index (χ1) is 14.2. The molecule has 1 saturated heterocycles. The van der Waals surface area contributed by atoms with Crippen molar-refractivity contribution in [3.8, 4) is 0 Å². The van der Waals surface area contributed by atoms with Crippen LogP contribution in [0.4, 0.5) is 11.4 Å². The highest BCUT2D eigenvalue weighted by Crippen LogP contribution is 2.50. The van der Waals surface area contributed by atoms with Gasteiger partial charge in [-0.1, -0.05) is 30.3 Å². The molecule has 150 valence electrons. The quantitative estimate of drug-likeness (QED) is 0.664. The van der Waals surface area contributed by atoms with Gasteiger partial charge in [0, 0.05) is 57.1 Å². The van der Waals surface area contributed by atoms with Crippen LogP contribution in [-0.2, 0) is 6.42 Å².